The molecule has 2 nitrogen and oxygen atoms in total. The Hall–Kier alpha value is -0.530. The minimum Gasteiger partial charge on any atom is -0.466 e. The van der Waals surface area contributed by atoms with E-state index in [4.69, 9.17) is 4.74 Å². The molecule has 0 aliphatic rings. The van der Waals surface area contributed by atoms with Crippen LogP contribution >= 0.6 is 0 Å². The van der Waals surface area contributed by atoms with E-state index in [2.05, 4.69) is 13.8 Å². The number of hydrogen-bond acceptors (Lipinski definition) is 2. The first-order chi connectivity index (χ1) is 5.07. The predicted molar refractivity (Wildman–Crippen MR) is 45.3 cm³/mol. The molecule has 0 aromatic heterocycles. The van der Waals surface area contributed by atoms with Crippen LogP contribution in [0.1, 0.15) is 34.1 Å². The number of carbonyl (C=O) groups excluding carboxylic acids is 1. The summed E-state index contributed by atoms with van der Waals surface area (Å²) in [6, 6.07) is 0. The van der Waals surface area contributed by atoms with Gasteiger partial charge in [-0.15, -0.1) is 0 Å². The number of esters is 1. The van der Waals surface area contributed by atoms with Crippen molar-refractivity contribution in [2.45, 2.75) is 34.1 Å². The van der Waals surface area contributed by atoms with E-state index in [1.165, 1.54) is 0 Å². The Bertz CT molecular complexity index is 119. The molecule has 0 radical (unpaired) electrons. The predicted octanol–water partition coefficient (Wildman–Crippen LogP) is 2.23. The Morgan fingerprint density at radius 1 is 1.36 bits per heavy atom. The molecule has 11 heavy (non-hydrogen) atoms. The second kappa shape index (κ2) is 5.16. The molecule has 0 rings (SSSR count). The number of hydrogen-bond donors (Lipinski definition) is 0. The van der Waals surface area contributed by atoms with Crippen LogP contribution in [0, 0.1) is 11.8 Å². The fourth-order valence-corrected chi connectivity index (χ4v) is 1.09. The molecule has 0 saturated heterocycles. The van der Waals surface area contributed by atoms with Gasteiger partial charge in [-0.25, -0.2) is 0 Å². The molecule has 0 aromatic carbocycles. The zero-order valence-electron chi connectivity index (χ0n) is 7.89. The van der Waals surface area contributed by atoms with Gasteiger partial charge < -0.3 is 4.74 Å². The van der Waals surface area contributed by atoms with Gasteiger partial charge in [0.2, 0.25) is 0 Å². The van der Waals surface area contributed by atoms with Crippen LogP contribution in [-0.2, 0) is 9.53 Å². The number of ether oxygens (including phenoxy) is 1. The maximum atomic E-state index is 11.1. The van der Waals surface area contributed by atoms with E-state index in [1.807, 2.05) is 13.8 Å². The maximum absolute atomic E-state index is 11.1. The van der Waals surface area contributed by atoms with Crippen molar-refractivity contribution in [1.82, 2.24) is 0 Å². The maximum Gasteiger partial charge on any atom is 0.308 e. The van der Waals surface area contributed by atoms with Crippen LogP contribution in [0.15, 0.2) is 0 Å². The molecule has 0 bridgehead atoms. The standard InChI is InChI=1S/C9H18O2/c1-5-11-9(10)8(4)6-7(2)3/h7-8H,5-6H2,1-4H3/t8-/m0/s1. The lowest BCUT2D eigenvalue weighted by atomic mass is 9.99. The summed E-state index contributed by atoms with van der Waals surface area (Å²) >= 11 is 0. The number of rotatable bonds is 4. The van der Waals surface area contributed by atoms with Crippen LogP contribution in [0.5, 0.6) is 0 Å². The van der Waals surface area contributed by atoms with Gasteiger partial charge in [0.05, 0.1) is 12.5 Å². The molecule has 0 spiro atoms. The third-order valence-corrected chi connectivity index (χ3v) is 1.51. The van der Waals surface area contributed by atoms with Gasteiger partial charge >= 0.3 is 5.97 Å². The Balaban J connectivity index is 3.64. The van der Waals surface area contributed by atoms with Gasteiger partial charge in [0.1, 0.15) is 0 Å². The van der Waals surface area contributed by atoms with Gasteiger partial charge in [-0.3, -0.25) is 4.79 Å². The second-order valence-corrected chi connectivity index (χ2v) is 3.28. The van der Waals surface area contributed by atoms with Crippen LogP contribution in [0.3, 0.4) is 0 Å². The molecule has 0 unspecified atom stereocenters. The highest BCUT2D eigenvalue weighted by Crippen LogP contribution is 2.11. The topological polar surface area (TPSA) is 26.3 Å². The van der Waals surface area contributed by atoms with E-state index >= 15 is 0 Å². The van der Waals surface area contributed by atoms with Crippen molar-refractivity contribution in [3.63, 3.8) is 0 Å². The fourth-order valence-electron chi connectivity index (χ4n) is 1.09. The van der Waals surface area contributed by atoms with Crippen molar-refractivity contribution >= 4 is 5.97 Å². The van der Waals surface area contributed by atoms with Crippen molar-refractivity contribution < 1.29 is 9.53 Å². The largest absolute Gasteiger partial charge is 0.466 e. The van der Waals surface area contributed by atoms with Gasteiger partial charge in [0.15, 0.2) is 0 Å². The molecule has 0 fully saturated rings. The minimum absolute atomic E-state index is 0.0509. The first kappa shape index (κ1) is 10.5. The van der Waals surface area contributed by atoms with E-state index in [0.717, 1.165) is 6.42 Å². The lowest BCUT2D eigenvalue weighted by Gasteiger charge is -2.11. The van der Waals surface area contributed by atoms with Crippen LogP contribution < -0.4 is 0 Å². The molecule has 0 heterocycles. The molecule has 2 heteroatoms. The molecule has 66 valence electrons. The van der Waals surface area contributed by atoms with Crippen molar-refractivity contribution in [2.24, 2.45) is 11.8 Å². The first-order valence-electron chi connectivity index (χ1n) is 4.24. The summed E-state index contributed by atoms with van der Waals surface area (Å²) in [6.07, 6.45) is 0.916. The smallest absolute Gasteiger partial charge is 0.308 e. The van der Waals surface area contributed by atoms with Crippen LogP contribution in [0.4, 0.5) is 0 Å². The monoisotopic (exact) mass is 158 g/mol. The van der Waals surface area contributed by atoms with E-state index < -0.39 is 0 Å². The molecule has 0 aromatic rings. The molecule has 0 aliphatic heterocycles. The summed E-state index contributed by atoms with van der Waals surface area (Å²) in [5.41, 5.74) is 0. The Kier molecular flexibility index (Phi) is 4.92. The lowest BCUT2D eigenvalue weighted by molar-refractivity contribution is -0.147. The number of carbonyl (C=O) groups is 1. The van der Waals surface area contributed by atoms with Gasteiger partial charge in [0, 0.05) is 0 Å². The van der Waals surface area contributed by atoms with Crippen LogP contribution in [-0.4, -0.2) is 12.6 Å². The summed E-state index contributed by atoms with van der Waals surface area (Å²) in [7, 11) is 0. The third-order valence-electron chi connectivity index (χ3n) is 1.51. The highest BCUT2D eigenvalue weighted by atomic mass is 16.5. The fraction of sp³-hybridized carbons (Fsp3) is 0.889. The highest BCUT2D eigenvalue weighted by Gasteiger charge is 2.14. The van der Waals surface area contributed by atoms with E-state index in [-0.39, 0.29) is 11.9 Å². The zero-order valence-corrected chi connectivity index (χ0v) is 7.89. The van der Waals surface area contributed by atoms with E-state index in [9.17, 15) is 4.79 Å². The summed E-state index contributed by atoms with van der Waals surface area (Å²) in [5, 5.41) is 0. The van der Waals surface area contributed by atoms with Crippen molar-refractivity contribution in [1.29, 1.82) is 0 Å². The third kappa shape index (κ3) is 4.82. The molecule has 1 atom stereocenters. The average molecular weight is 158 g/mol. The SMILES string of the molecule is CCOC(=O)[C@@H](C)CC(C)C. The van der Waals surface area contributed by atoms with Crippen molar-refractivity contribution in [2.75, 3.05) is 6.61 Å². The molecular formula is C9H18O2. The second-order valence-electron chi connectivity index (χ2n) is 3.28. The quantitative estimate of drug-likeness (QED) is 0.586. The molecule has 0 N–H and O–H groups in total. The summed E-state index contributed by atoms with van der Waals surface area (Å²) in [4.78, 5) is 11.1. The molecular weight excluding hydrogens is 140 g/mol. The Labute approximate surface area is 68.9 Å². The molecule has 0 amide bonds. The van der Waals surface area contributed by atoms with Crippen LogP contribution in [0.2, 0.25) is 0 Å². The van der Waals surface area contributed by atoms with Crippen molar-refractivity contribution in [3.05, 3.63) is 0 Å². The summed E-state index contributed by atoms with van der Waals surface area (Å²) < 4.78 is 4.87. The van der Waals surface area contributed by atoms with Gasteiger partial charge in [-0.05, 0) is 19.3 Å². The van der Waals surface area contributed by atoms with E-state index in [0.29, 0.717) is 12.5 Å². The normalized spacial score (nSPS) is 13.2. The average Bonchev–Trinajstić information content (AvgIpc) is 1.86. The zero-order chi connectivity index (χ0) is 8.85. The van der Waals surface area contributed by atoms with Crippen molar-refractivity contribution in [3.8, 4) is 0 Å². The first-order valence-corrected chi connectivity index (χ1v) is 4.24. The summed E-state index contributed by atoms with van der Waals surface area (Å²) in [5.74, 6) is 0.547. The Morgan fingerprint density at radius 3 is 2.27 bits per heavy atom. The van der Waals surface area contributed by atoms with Crippen LogP contribution in [0.25, 0.3) is 0 Å². The van der Waals surface area contributed by atoms with Gasteiger partial charge in [-0.1, -0.05) is 20.8 Å². The van der Waals surface area contributed by atoms with Gasteiger partial charge in [-0.2, -0.15) is 0 Å². The molecule has 0 aliphatic carbocycles. The minimum atomic E-state index is -0.0683. The Morgan fingerprint density at radius 2 is 1.91 bits per heavy atom. The summed E-state index contributed by atoms with van der Waals surface area (Å²) in [6.45, 7) is 8.45. The van der Waals surface area contributed by atoms with Gasteiger partial charge in [0.25, 0.3) is 0 Å². The van der Waals surface area contributed by atoms with E-state index in [1.54, 1.807) is 0 Å². The molecule has 0 saturated carbocycles. The highest BCUT2D eigenvalue weighted by molar-refractivity contribution is 5.71. The lowest BCUT2D eigenvalue weighted by Crippen LogP contribution is -2.16.